The van der Waals surface area contributed by atoms with E-state index < -0.39 is 0 Å². The monoisotopic (exact) mass is 252 g/mol. The maximum absolute atomic E-state index is 11.8. The van der Waals surface area contributed by atoms with Gasteiger partial charge in [-0.25, -0.2) is 4.98 Å². The summed E-state index contributed by atoms with van der Waals surface area (Å²) in [4.78, 5) is 15.9. The molecule has 6 nitrogen and oxygen atoms in total. The predicted octanol–water partition coefficient (Wildman–Crippen LogP) is -0.267. The fraction of sp³-hybridized carbons (Fsp3) is 0.667. The van der Waals surface area contributed by atoms with E-state index in [4.69, 9.17) is 5.73 Å². The van der Waals surface area contributed by atoms with Crippen molar-refractivity contribution in [3.63, 3.8) is 0 Å². The highest BCUT2D eigenvalue weighted by Crippen LogP contribution is 2.24. The van der Waals surface area contributed by atoms with Crippen molar-refractivity contribution in [3.8, 4) is 0 Å². The molecule has 0 aromatic carbocycles. The van der Waals surface area contributed by atoms with E-state index in [2.05, 4.69) is 10.3 Å². The zero-order chi connectivity index (χ0) is 13.0. The lowest BCUT2D eigenvalue weighted by atomic mass is 10.1. The van der Waals surface area contributed by atoms with E-state index in [0.717, 1.165) is 19.3 Å². The first-order valence-electron chi connectivity index (χ1n) is 6.37. The van der Waals surface area contributed by atoms with Crippen LogP contribution in [0.5, 0.6) is 0 Å². The number of imidazole rings is 1. The molecule has 2 unspecified atom stereocenters. The number of aromatic nitrogens is 2. The highest BCUT2D eigenvalue weighted by molar-refractivity contribution is 5.91. The van der Waals surface area contributed by atoms with E-state index in [0.29, 0.717) is 31.2 Å². The molecule has 0 saturated heterocycles. The number of carbonyl (C=O) groups excluding carboxylic acids is 1. The number of carbonyl (C=O) groups is 1. The fourth-order valence-electron chi connectivity index (χ4n) is 2.31. The van der Waals surface area contributed by atoms with Gasteiger partial charge in [-0.15, -0.1) is 0 Å². The van der Waals surface area contributed by atoms with Crippen LogP contribution in [0, 0.1) is 5.92 Å². The van der Waals surface area contributed by atoms with Crippen molar-refractivity contribution in [2.24, 2.45) is 11.7 Å². The van der Waals surface area contributed by atoms with Crippen LogP contribution in [0.15, 0.2) is 12.5 Å². The molecule has 1 aromatic heterocycles. The standard InChI is InChI=1S/C12H20N4O2/c13-3-4-16-7-11(15-8-16)12(18)14-6-9-1-2-10(17)5-9/h7-10,17H,1-6,13H2,(H,14,18). The van der Waals surface area contributed by atoms with Crippen LogP contribution in [0.25, 0.3) is 0 Å². The number of nitrogens with two attached hydrogens (primary N) is 1. The van der Waals surface area contributed by atoms with Crippen molar-refractivity contribution in [3.05, 3.63) is 18.2 Å². The molecule has 1 aliphatic carbocycles. The molecule has 1 fully saturated rings. The lowest BCUT2D eigenvalue weighted by Crippen LogP contribution is -2.28. The van der Waals surface area contributed by atoms with Crippen molar-refractivity contribution < 1.29 is 9.90 Å². The molecule has 0 aliphatic heterocycles. The summed E-state index contributed by atoms with van der Waals surface area (Å²) in [6.45, 7) is 1.80. The molecule has 1 heterocycles. The summed E-state index contributed by atoms with van der Waals surface area (Å²) >= 11 is 0. The molecular formula is C12H20N4O2. The van der Waals surface area contributed by atoms with Gasteiger partial charge in [0.05, 0.1) is 12.4 Å². The second-order valence-electron chi connectivity index (χ2n) is 4.83. The molecule has 0 spiro atoms. The van der Waals surface area contributed by atoms with Gasteiger partial charge in [-0.1, -0.05) is 0 Å². The molecule has 2 atom stereocenters. The van der Waals surface area contributed by atoms with Crippen molar-refractivity contribution in [2.45, 2.75) is 31.9 Å². The number of aliphatic hydroxyl groups is 1. The maximum Gasteiger partial charge on any atom is 0.271 e. The molecule has 1 aromatic rings. The first-order valence-corrected chi connectivity index (χ1v) is 6.37. The van der Waals surface area contributed by atoms with E-state index >= 15 is 0 Å². The normalized spacial score (nSPS) is 23.2. The van der Waals surface area contributed by atoms with Crippen molar-refractivity contribution >= 4 is 5.91 Å². The van der Waals surface area contributed by atoms with Crippen LogP contribution < -0.4 is 11.1 Å². The number of nitrogens with zero attached hydrogens (tertiary/aromatic N) is 2. The topological polar surface area (TPSA) is 93.2 Å². The van der Waals surface area contributed by atoms with Crippen LogP contribution in [0.1, 0.15) is 29.8 Å². The highest BCUT2D eigenvalue weighted by Gasteiger charge is 2.23. The molecule has 4 N–H and O–H groups in total. The van der Waals surface area contributed by atoms with E-state index in [9.17, 15) is 9.90 Å². The Morgan fingerprint density at radius 1 is 1.61 bits per heavy atom. The van der Waals surface area contributed by atoms with Gasteiger partial charge in [-0.2, -0.15) is 0 Å². The van der Waals surface area contributed by atoms with Crippen LogP contribution in [0.4, 0.5) is 0 Å². The number of amides is 1. The summed E-state index contributed by atoms with van der Waals surface area (Å²) in [7, 11) is 0. The first kappa shape index (κ1) is 13.0. The highest BCUT2D eigenvalue weighted by atomic mass is 16.3. The van der Waals surface area contributed by atoms with Gasteiger partial charge >= 0.3 is 0 Å². The zero-order valence-corrected chi connectivity index (χ0v) is 10.4. The van der Waals surface area contributed by atoms with Gasteiger partial charge < -0.3 is 20.7 Å². The van der Waals surface area contributed by atoms with Gasteiger partial charge in [0.2, 0.25) is 0 Å². The summed E-state index contributed by atoms with van der Waals surface area (Å²) in [5.41, 5.74) is 5.85. The maximum atomic E-state index is 11.8. The quantitative estimate of drug-likeness (QED) is 0.672. The van der Waals surface area contributed by atoms with E-state index in [1.165, 1.54) is 0 Å². The van der Waals surface area contributed by atoms with Crippen LogP contribution >= 0.6 is 0 Å². The molecular weight excluding hydrogens is 232 g/mol. The summed E-state index contributed by atoms with van der Waals surface area (Å²) in [6, 6.07) is 0. The summed E-state index contributed by atoms with van der Waals surface area (Å²) < 4.78 is 1.80. The Morgan fingerprint density at radius 2 is 2.44 bits per heavy atom. The zero-order valence-electron chi connectivity index (χ0n) is 10.4. The number of rotatable bonds is 5. The van der Waals surface area contributed by atoms with Crippen molar-refractivity contribution in [1.29, 1.82) is 0 Å². The number of aliphatic hydroxyl groups excluding tert-OH is 1. The third-order valence-electron chi connectivity index (χ3n) is 3.32. The second kappa shape index (κ2) is 5.97. The lowest BCUT2D eigenvalue weighted by molar-refractivity contribution is 0.0940. The van der Waals surface area contributed by atoms with Crippen LogP contribution in [0.3, 0.4) is 0 Å². The van der Waals surface area contributed by atoms with E-state index in [-0.39, 0.29) is 12.0 Å². The minimum Gasteiger partial charge on any atom is -0.393 e. The van der Waals surface area contributed by atoms with Crippen LogP contribution in [0.2, 0.25) is 0 Å². The number of nitrogens with one attached hydrogen (secondary N) is 1. The summed E-state index contributed by atoms with van der Waals surface area (Å²) in [5.74, 6) is 0.224. The minimum atomic E-state index is -0.198. The average molecular weight is 252 g/mol. The lowest BCUT2D eigenvalue weighted by Gasteiger charge is -2.09. The van der Waals surface area contributed by atoms with Gasteiger partial charge in [0.1, 0.15) is 5.69 Å². The molecule has 1 aliphatic rings. The Hall–Kier alpha value is -1.40. The Bertz CT molecular complexity index is 405. The number of hydrogen-bond donors (Lipinski definition) is 3. The third kappa shape index (κ3) is 3.30. The molecule has 6 heteroatoms. The average Bonchev–Trinajstić information content (AvgIpc) is 2.96. The Kier molecular flexibility index (Phi) is 4.33. The third-order valence-corrected chi connectivity index (χ3v) is 3.32. The molecule has 100 valence electrons. The molecule has 2 rings (SSSR count). The predicted molar refractivity (Wildman–Crippen MR) is 67.0 cm³/mol. The van der Waals surface area contributed by atoms with Crippen molar-refractivity contribution in [1.82, 2.24) is 14.9 Å². The Balaban J connectivity index is 1.80. The van der Waals surface area contributed by atoms with Gasteiger partial charge in [0.25, 0.3) is 5.91 Å². The second-order valence-corrected chi connectivity index (χ2v) is 4.83. The van der Waals surface area contributed by atoms with E-state index in [1.54, 1.807) is 17.1 Å². The largest absolute Gasteiger partial charge is 0.393 e. The van der Waals surface area contributed by atoms with Gasteiger partial charge in [0.15, 0.2) is 0 Å². The van der Waals surface area contributed by atoms with E-state index in [1.807, 2.05) is 0 Å². The fourth-order valence-corrected chi connectivity index (χ4v) is 2.31. The van der Waals surface area contributed by atoms with Crippen LogP contribution in [-0.2, 0) is 6.54 Å². The molecule has 1 amide bonds. The molecule has 1 saturated carbocycles. The number of hydrogen-bond acceptors (Lipinski definition) is 4. The Morgan fingerprint density at radius 3 is 3.11 bits per heavy atom. The molecule has 0 bridgehead atoms. The smallest absolute Gasteiger partial charge is 0.271 e. The van der Waals surface area contributed by atoms with Crippen LogP contribution in [-0.4, -0.2) is 39.8 Å². The van der Waals surface area contributed by atoms with Crippen molar-refractivity contribution in [2.75, 3.05) is 13.1 Å². The van der Waals surface area contributed by atoms with Gasteiger partial charge in [0, 0.05) is 25.8 Å². The first-order chi connectivity index (χ1) is 8.69. The molecule has 0 radical (unpaired) electrons. The molecule has 18 heavy (non-hydrogen) atoms. The SMILES string of the molecule is NCCn1cnc(C(=O)NCC2CCC(O)C2)c1. The van der Waals surface area contributed by atoms with Gasteiger partial charge in [-0.05, 0) is 25.2 Å². The summed E-state index contributed by atoms with van der Waals surface area (Å²) in [6.07, 6.45) is 5.71. The summed E-state index contributed by atoms with van der Waals surface area (Å²) in [5, 5.41) is 12.3. The minimum absolute atomic E-state index is 0.160. The Labute approximate surface area is 106 Å². The van der Waals surface area contributed by atoms with Gasteiger partial charge in [-0.3, -0.25) is 4.79 Å².